The highest BCUT2D eigenvalue weighted by atomic mass is 35.5. The minimum Gasteiger partial charge on any atom is -0.489 e. The van der Waals surface area contributed by atoms with Crippen LogP contribution < -0.4 is 10.4 Å². The van der Waals surface area contributed by atoms with Crippen LogP contribution >= 0.6 is 23.2 Å². The predicted octanol–water partition coefficient (Wildman–Crippen LogP) is 2.47. The molecule has 0 spiro atoms. The number of halogens is 2. The van der Waals surface area contributed by atoms with Gasteiger partial charge in [0.05, 0.1) is 12.0 Å². The summed E-state index contributed by atoms with van der Waals surface area (Å²) in [5, 5.41) is 9.52. The second kappa shape index (κ2) is 4.96. The van der Waals surface area contributed by atoms with Crippen LogP contribution in [0.2, 0.25) is 10.0 Å². The number of ether oxygens (including phenoxy) is 1. The molecule has 2 aromatic rings. The molecule has 0 fully saturated rings. The van der Waals surface area contributed by atoms with E-state index < -0.39 is 5.63 Å². The fourth-order valence-electron chi connectivity index (χ4n) is 1.41. The summed E-state index contributed by atoms with van der Waals surface area (Å²) in [5.41, 5.74) is -0.355. The number of hydrogen-bond donors (Lipinski definition) is 1. The fraction of sp³-hybridized carbons (Fsp3) is 0.182. The highest BCUT2D eigenvalue weighted by Gasteiger charge is 2.14. The van der Waals surface area contributed by atoms with E-state index in [0.29, 0.717) is 16.0 Å². The van der Waals surface area contributed by atoms with Crippen LogP contribution in [0.1, 0.15) is 0 Å². The van der Waals surface area contributed by atoms with Crippen molar-refractivity contribution in [3.8, 4) is 5.75 Å². The largest absolute Gasteiger partial charge is 0.489 e. The third-order valence-corrected chi connectivity index (χ3v) is 2.67. The number of hydrogen-bond acceptors (Lipinski definition) is 4. The Hall–Kier alpha value is -1.23. The lowest BCUT2D eigenvalue weighted by Gasteiger charge is -2.08. The van der Waals surface area contributed by atoms with Gasteiger partial charge in [-0.05, 0) is 18.2 Å². The zero-order chi connectivity index (χ0) is 12.4. The summed E-state index contributed by atoms with van der Waals surface area (Å²) in [5.74, 6) is 0.175. The molecule has 1 N–H and O–H groups in total. The van der Waals surface area contributed by atoms with Crippen molar-refractivity contribution in [3.63, 3.8) is 0 Å². The van der Waals surface area contributed by atoms with Crippen molar-refractivity contribution in [2.45, 2.75) is 0 Å². The summed E-state index contributed by atoms with van der Waals surface area (Å²) < 4.78 is 10.2. The first-order valence-electron chi connectivity index (χ1n) is 4.79. The van der Waals surface area contributed by atoms with Crippen LogP contribution in [-0.2, 0) is 0 Å². The summed E-state index contributed by atoms with van der Waals surface area (Å²) in [6, 6.07) is 4.73. The van der Waals surface area contributed by atoms with Gasteiger partial charge in [-0.1, -0.05) is 23.2 Å². The Bertz CT molecular complexity index is 606. The van der Waals surface area contributed by atoms with Gasteiger partial charge in [-0.25, -0.2) is 4.79 Å². The van der Waals surface area contributed by atoms with E-state index in [9.17, 15) is 4.79 Å². The van der Waals surface area contributed by atoms with Gasteiger partial charge < -0.3 is 14.3 Å². The average Bonchev–Trinajstić information content (AvgIpc) is 2.31. The molecule has 1 heterocycles. The Balaban J connectivity index is 2.70. The monoisotopic (exact) mass is 274 g/mol. The number of benzene rings is 1. The molecular weight excluding hydrogens is 267 g/mol. The van der Waals surface area contributed by atoms with Gasteiger partial charge in [-0.3, -0.25) is 0 Å². The maximum Gasteiger partial charge on any atom is 0.359 e. The number of fused-ring (bicyclic) bond motifs is 1. The minimum absolute atomic E-state index is 0.0325. The molecule has 0 aliphatic rings. The van der Waals surface area contributed by atoms with E-state index in [1.54, 1.807) is 18.2 Å². The first-order valence-corrected chi connectivity index (χ1v) is 5.54. The summed E-state index contributed by atoms with van der Waals surface area (Å²) in [6.07, 6.45) is 0. The first-order chi connectivity index (χ1) is 8.13. The van der Waals surface area contributed by atoms with Crippen molar-refractivity contribution in [3.05, 3.63) is 38.7 Å². The Morgan fingerprint density at radius 3 is 2.82 bits per heavy atom. The molecule has 17 heavy (non-hydrogen) atoms. The van der Waals surface area contributed by atoms with Crippen LogP contribution in [0.15, 0.2) is 27.4 Å². The Morgan fingerprint density at radius 1 is 1.35 bits per heavy atom. The van der Waals surface area contributed by atoms with E-state index in [0.717, 1.165) is 0 Å². The normalized spacial score (nSPS) is 10.8. The Morgan fingerprint density at radius 2 is 2.12 bits per heavy atom. The van der Waals surface area contributed by atoms with Gasteiger partial charge in [0.15, 0.2) is 10.8 Å². The molecule has 0 saturated heterocycles. The standard InChI is InChI=1S/C11H8Cl2O4/c12-6-1-2-8-7(5-6)10(16-4-3-14)9(13)11(15)17-8/h1-2,5,14H,3-4H2. The molecule has 0 saturated carbocycles. The van der Waals surface area contributed by atoms with Gasteiger partial charge in [0.1, 0.15) is 12.2 Å². The SMILES string of the molecule is O=c1oc2ccc(Cl)cc2c(OCCO)c1Cl. The molecule has 0 atom stereocenters. The van der Waals surface area contributed by atoms with Crippen LogP contribution in [0.5, 0.6) is 5.75 Å². The van der Waals surface area contributed by atoms with E-state index in [4.69, 9.17) is 37.5 Å². The maximum absolute atomic E-state index is 11.4. The van der Waals surface area contributed by atoms with E-state index in [1.165, 1.54) is 0 Å². The van der Waals surface area contributed by atoms with Crippen molar-refractivity contribution >= 4 is 34.2 Å². The van der Waals surface area contributed by atoms with Crippen molar-refractivity contribution in [2.75, 3.05) is 13.2 Å². The lowest BCUT2D eigenvalue weighted by atomic mass is 10.2. The molecule has 0 aliphatic heterocycles. The molecule has 0 aliphatic carbocycles. The molecule has 1 aromatic carbocycles. The molecule has 2 rings (SSSR count). The van der Waals surface area contributed by atoms with Crippen molar-refractivity contribution < 1.29 is 14.3 Å². The van der Waals surface area contributed by atoms with Crippen molar-refractivity contribution in [1.82, 2.24) is 0 Å². The smallest absolute Gasteiger partial charge is 0.359 e. The predicted molar refractivity (Wildman–Crippen MR) is 65.1 cm³/mol. The number of aliphatic hydroxyl groups is 1. The minimum atomic E-state index is -0.686. The third kappa shape index (κ3) is 2.39. The van der Waals surface area contributed by atoms with Crippen LogP contribution in [0, 0.1) is 0 Å². The number of rotatable bonds is 3. The van der Waals surface area contributed by atoms with Crippen LogP contribution in [0.4, 0.5) is 0 Å². The second-order valence-electron chi connectivity index (χ2n) is 3.25. The zero-order valence-electron chi connectivity index (χ0n) is 8.57. The van der Waals surface area contributed by atoms with Crippen molar-refractivity contribution in [2.24, 2.45) is 0 Å². The molecule has 0 unspecified atom stereocenters. The van der Waals surface area contributed by atoms with Gasteiger partial charge in [-0.2, -0.15) is 0 Å². The quantitative estimate of drug-likeness (QED) is 0.874. The van der Waals surface area contributed by atoms with Crippen LogP contribution in [-0.4, -0.2) is 18.3 Å². The topological polar surface area (TPSA) is 59.7 Å². The Kier molecular flexibility index (Phi) is 3.57. The van der Waals surface area contributed by atoms with Gasteiger partial charge >= 0.3 is 5.63 Å². The van der Waals surface area contributed by atoms with E-state index in [1.807, 2.05) is 0 Å². The maximum atomic E-state index is 11.4. The lowest BCUT2D eigenvalue weighted by Crippen LogP contribution is -2.07. The molecular formula is C11H8Cl2O4. The first kappa shape index (κ1) is 12.2. The summed E-state index contributed by atoms with van der Waals surface area (Å²) in [4.78, 5) is 11.4. The molecule has 4 nitrogen and oxygen atoms in total. The lowest BCUT2D eigenvalue weighted by molar-refractivity contribution is 0.202. The molecule has 6 heteroatoms. The van der Waals surface area contributed by atoms with Gasteiger partial charge in [0.25, 0.3) is 0 Å². The molecule has 1 aromatic heterocycles. The van der Waals surface area contributed by atoms with Gasteiger partial charge in [0, 0.05) is 5.02 Å². The second-order valence-corrected chi connectivity index (χ2v) is 4.06. The van der Waals surface area contributed by atoms with E-state index in [-0.39, 0.29) is 24.0 Å². The zero-order valence-corrected chi connectivity index (χ0v) is 10.1. The molecule has 90 valence electrons. The van der Waals surface area contributed by atoms with Crippen molar-refractivity contribution in [1.29, 1.82) is 0 Å². The third-order valence-electron chi connectivity index (χ3n) is 2.11. The van der Waals surface area contributed by atoms with Gasteiger partial charge in [0.2, 0.25) is 0 Å². The average molecular weight is 275 g/mol. The van der Waals surface area contributed by atoms with Crippen LogP contribution in [0.3, 0.4) is 0 Å². The van der Waals surface area contributed by atoms with E-state index >= 15 is 0 Å². The highest BCUT2D eigenvalue weighted by Crippen LogP contribution is 2.32. The van der Waals surface area contributed by atoms with Gasteiger partial charge in [-0.15, -0.1) is 0 Å². The summed E-state index contributed by atoms with van der Waals surface area (Å²) in [7, 11) is 0. The molecule has 0 bridgehead atoms. The summed E-state index contributed by atoms with van der Waals surface area (Å²) in [6.45, 7) is -0.149. The van der Waals surface area contributed by atoms with Crippen LogP contribution in [0.25, 0.3) is 11.0 Å². The molecule has 0 radical (unpaired) electrons. The molecule has 0 amide bonds. The fourth-order valence-corrected chi connectivity index (χ4v) is 1.78. The van der Waals surface area contributed by atoms with E-state index in [2.05, 4.69) is 0 Å². The Labute approximate surface area is 106 Å². The highest BCUT2D eigenvalue weighted by molar-refractivity contribution is 6.33. The number of aliphatic hydroxyl groups excluding tert-OH is 1. The summed E-state index contributed by atoms with van der Waals surface area (Å²) >= 11 is 11.7.